The Kier molecular flexibility index (Phi) is 6.08. The number of aromatic nitrogens is 2. The van der Waals surface area contributed by atoms with E-state index in [1.54, 1.807) is 18.3 Å². The highest BCUT2D eigenvalue weighted by Gasteiger charge is 2.20. The summed E-state index contributed by atoms with van der Waals surface area (Å²) in [6.07, 6.45) is 3.00. The van der Waals surface area contributed by atoms with Crippen LogP contribution in [-0.2, 0) is 10.0 Å². The first-order valence-electron chi connectivity index (χ1n) is 9.15. The molecule has 0 atom stereocenters. The minimum Gasteiger partial charge on any atom is -0.306 e. The van der Waals surface area contributed by atoms with E-state index in [9.17, 15) is 18.0 Å². The van der Waals surface area contributed by atoms with Crippen LogP contribution in [0, 0.1) is 0 Å². The van der Waals surface area contributed by atoms with Gasteiger partial charge in [-0.1, -0.05) is 41.9 Å². The van der Waals surface area contributed by atoms with Crippen molar-refractivity contribution in [2.45, 2.75) is 4.21 Å². The van der Waals surface area contributed by atoms with E-state index in [-0.39, 0.29) is 19.8 Å². The summed E-state index contributed by atoms with van der Waals surface area (Å²) in [7, 11) is -4.04. The number of sulfonamides is 1. The molecule has 4 rings (SSSR count). The molecule has 0 aliphatic heterocycles. The van der Waals surface area contributed by atoms with Crippen LogP contribution in [0.5, 0.6) is 0 Å². The van der Waals surface area contributed by atoms with Crippen molar-refractivity contribution in [3.05, 3.63) is 93.8 Å². The van der Waals surface area contributed by atoms with Gasteiger partial charge in [-0.25, -0.2) is 22.9 Å². The zero-order chi connectivity index (χ0) is 22.7. The highest BCUT2D eigenvalue weighted by atomic mass is 35.5. The van der Waals surface area contributed by atoms with Gasteiger partial charge >= 0.3 is 6.03 Å². The zero-order valence-electron chi connectivity index (χ0n) is 16.2. The summed E-state index contributed by atoms with van der Waals surface area (Å²) in [4.78, 5) is 28.6. The number of carbonyl (C=O) groups is 1. The van der Waals surface area contributed by atoms with E-state index in [0.29, 0.717) is 5.82 Å². The molecule has 11 heteroatoms. The fraction of sp³-hybridized carbons (Fsp3) is 0. The van der Waals surface area contributed by atoms with Gasteiger partial charge in [-0.15, -0.1) is 11.3 Å². The predicted octanol–water partition coefficient (Wildman–Crippen LogP) is 4.12. The minimum absolute atomic E-state index is 0.0798. The van der Waals surface area contributed by atoms with Crippen molar-refractivity contribution < 1.29 is 13.2 Å². The minimum atomic E-state index is -4.04. The molecule has 2 N–H and O–H groups in total. The second-order valence-corrected chi connectivity index (χ2v) is 10.1. The monoisotopic (exact) mass is 486 g/mol. The molecule has 32 heavy (non-hydrogen) atoms. The first-order valence-corrected chi connectivity index (χ1v) is 11.8. The molecule has 2 amide bonds. The van der Waals surface area contributed by atoms with E-state index in [1.165, 1.54) is 35.0 Å². The van der Waals surface area contributed by atoms with Gasteiger partial charge in [0.2, 0.25) is 0 Å². The van der Waals surface area contributed by atoms with Crippen LogP contribution in [0.2, 0.25) is 4.34 Å². The second kappa shape index (κ2) is 8.95. The maximum absolute atomic E-state index is 12.3. The molecular weight excluding hydrogens is 472 g/mol. The van der Waals surface area contributed by atoms with Crippen LogP contribution in [0.25, 0.3) is 16.9 Å². The molecule has 0 spiro atoms. The number of benzene rings is 1. The molecule has 0 aliphatic carbocycles. The maximum atomic E-state index is 12.3. The predicted molar refractivity (Wildman–Crippen MR) is 124 cm³/mol. The van der Waals surface area contributed by atoms with E-state index < -0.39 is 16.1 Å². The van der Waals surface area contributed by atoms with Crippen LogP contribution in [0.1, 0.15) is 0 Å². The van der Waals surface area contributed by atoms with Crippen molar-refractivity contribution in [1.82, 2.24) is 14.3 Å². The number of halogens is 1. The Balaban J connectivity index is 1.50. The lowest BCUT2D eigenvalue weighted by molar-refractivity contribution is 0.256. The largest absolute Gasteiger partial charge is 0.333 e. The van der Waals surface area contributed by atoms with Crippen LogP contribution in [0.4, 0.5) is 10.5 Å². The quantitative estimate of drug-likeness (QED) is 0.441. The topological polar surface area (TPSA) is 110 Å². The van der Waals surface area contributed by atoms with Crippen LogP contribution in [0.15, 0.2) is 88.1 Å². The van der Waals surface area contributed by atoms with Gasteiger partial charge in [0, 0.05) is 12.3 Å². The maximum Gasteiger partial charge on any atom is 0.333 e. The van der Waals surface area contributed by atoms with Gasteiger partial charge in [0.1, 0.15) is 10.0 Å². The second-order valence-electron chi connectivity index (χ2n) is 6.52. The van der Waals surface area contributed by atoms with E-state index in [0.717, 1.165) is 22.5 Å². The molecular formula is C21H15ClN4O4S2. The fourth-order valence-electron chi connectivity index (χ4n) is 2.84. The lowest BCUT2D eigenvalue weighted by atomic mass is 10.1. The van der Waals surface area contributed by atoms with Crippen molar-refractivity contribution >= 4 is 44.7 Å². The van der Waals surface area contributed by atoms with Crippen molar-refractivity contribution in [3.8, 4) is 16.9 Å². The Bertz CT molecular complexity index is 1430. The molecule has 0 aliphatic rings. The summed E-state index contributed by atoms with van der Waals surface area (Å²) in [5.74, 6) is 0.347. The van der Waals surface area contributed by atoms with Gasteiger partial charge in [0.25, 0.3) is 15.6 Å². The Labute approximate surface area is 192 Å². The number of amides is 2. The van der Waals surface area contributed by atoms with Crippen molar-refractivity contribution in [3.63, 3.8) is 0 Å². The number of carbonyl (C=O) groups excluding carboxylic acids is 1. The van der Waals surface area contributed by atoms with Crippen molar-refractivity contribution in [2.75, 3.05) is 5.32 Å². The number of urea groups is 1. The molecule has 0 radical (unpaired) electrons. The van der Waals surface area contributed by atoms with E-state index in [4.69, 9.17) is 11.6 Å². The lowest BCUT2D eigenvalue weighted by Gasteiger charge is -2.10. The van der Waals surface area contributed by atoms with Gasteiger partial charge in [-0.05, 0) is 41.5 Å². The molecule has 0 saturated carbocycles. The Hall–Kier alpha value is -3.47. The number of hydrogen-bond acceptors (Lipinski definition) is 6. The zero-order valence-corrected chi connectivity index (χ0v) is 18.6. The first kappa shape index (κ1) is 21.8. The highest BCUT2D eigenvalue weighted by molar-refractivity contribution is 7.92. The Morgan fingerprint density at radius 3 is 2.41 bits per heavy atom. The van der Waals surface area contributed by atoms with Gasteiger partial charge in [0.05, 0.1) is 16.2 Å². The molecule has 162 valence electrons. The third kappa shape index (κ3) is 4.88. The number of hydrogen-bond donors (Lipinski definition) is 2. The number of rotatable bonds is 5. The van der Waals surface area contributed by atoms with Crippen LogP contribution < -0.4 is 15.6 Å². The average molecular weight is 487 g/mol. The SMILES string of the molecule is O=C(Nc1ccc(-n2cc(-c3ccccc3)ccc2=O)nc1)NS(=O)(=O)c1ccc(Cl)s1. The van der Waals surface area contributed by atoms with Gasteiger partial charge < -0.3 is 5.32 Å². The molecule has 4 aromatic rings. The smallest absolute Gasteiger partial charge is 0.306 e. The number of thiophene rings is 1. The third-order valence-electron chi connectivity index (χ3n) is 4.31. The molecule has 0 fully saturated rings. The van der Waals surface area contributed by atoms with Crippen LogP contribution in [-0.4, -0.2) is 24.0 Å². The summed E-state index contributed by atoms with van der Waals surface area (Å²) in [6.45, 7) is 0. The fourth-order valence-corrected chi connectivity index (χ4v) is 5.23. The summed E-state index contributed by atoms with van der Waals surface area (Å²) in [6, 6.07) is 17.6. The molecule has 1 aromatic carbocycles. The Morgan fingerprint density at radius 1 is 0.969 bits per heavy atom. The van der Waals surface area contributed by atoms with Crippen molar-refractivity contribution in [1.29, 1.82) is 0 Å². The van der Waals surface area contributed by atoms with Gasteiger partial charge in [-0.2, -0.15) is 0 Å². The summed E-state index contributed by atoms with van der Waals surface area (Å²) in [5.41, 5.74) is 1.77. The Morgan fingerprint density at radius 2 is 1.75 bits per heavy atom. The number of anilines is 1. The number of nitrogens with one attached hydrogen (secondary N) is 2. The molecule has 0 saturated heterocycles. The van der Waals surface area contributed by atoms with E-state index in [2.05, 4.69) is 10.3 Å². The van der Waals surface area contributed by atoms with Crippen LogP contribution >= 0.6 is 22.9 Å². The summed E-state index contributed by atoms with van der Waals surface area (Å²) in [5, 5.41) is 2.40. The molecule has 3 heterocycles. The standard InChI is InChI=1S/C21H15ClN4O4S2/c22-17-8-11-20(31-17)32(29,30)25-21(28)24-16-7-9-18(23-12-16)26-13-15(6-10-19(26)27)14-4-2-1-3-5-14/h1-13H,(H2,24,25,28). The highest BCUT2D eigenvalue weighted by Crippen LogP contribution is 2.25. The number of pyridine rings is 2. The van der Waals surface area contributed by atoms with Gasteiger partial charge in [0.15, 0.2) is 0 Å². The lowest BCUT2D eigenvalue weighted by Crippen LogP contribution is -2.34. The normalized spacial score (nSPS) is 11.2. The summed E-state index contributed by atoms with van der Waals surface area (Å²) >= 11 is 6.58. The van der Waals surface area contributed by atoms with Crippen molar-refractivity contribution in [2.24, 2.45) is 0 Å². The first-order chi connectivity index (χ1) is 15.3. The molecule has 0 bridgehead atoms. The van der Waals surface area contributed by atoms with E-state index >= 15 is 0 Å². The summed E-state index contributed by atoms with van der Waals surface area (Å²) < 4.78 is 27.9. The number of nitrogens with zero attached hydrogens (tertiary/aromatic N) is 2. The third-order valence-corrected chi connectivity index (χ3v) is 7.37. The van der Waals surface area contributed by atoms with Crippen LogP contribution in [0.3, 0.4) is 0 Å². The van der Waals surface area contributed by atoms with E-state index in [1.807, 2.05) is 35.1 Å². The molecule has 8 nitrogen and oxygen atoms in total. The molecule has 3 aromatic heterocycles. The van der Waals surface area contributed by atoms with Gasteiger partial charge in [-0.3, -0.25) is 9.36 Å². The molecule has 0 unspecified atom stereocenters. The average Bonchev–Trinajstić information content (AvgIpc) is 3.22.